The summed E-state index contributed by atoms with van der Waals surface area (Å²) < 4.78 is 11.5. The van der Waals surface area contributed by atoms with Crippen molar-refractivity contribution in [2.75, 3.05) is 18.9 Å². The second-order valence-corrected chi connectivity index (χ2v) is 7.81. The van der Waals surface area contributed by atoms with Crippen LogP contribution in [0.1, 0.15) is 0 Å². The van der Waals surface area contributed by atoms with E-state index in [-0.39, 0.29) is 5.91 Å². The molecule has 0 atom stereocenters. The van der Waals surface area contributed by atoms with Gasteiger partial charge in [0.05, 0.1) is 25.5 Å². The van der Waals surface area contributed by atoms with E-state index in [0.717, 1.165) is 27.7 Å². The fraction of sp³-hybridized carbons (Fsp3) is 0.143. The Kier molecular flexibility index (Phi) is 7.00. The molecule has 0 saturated heterocycles. The molecule has 170 valence electrons. The van der Waals surface area contributed by atoms with Crippen LogP contribution in [-0.4, -0.2) is 53.9 Å². The molecule has 4 N–H and O–H groups in total. The molecule has 0 unspecified atom stereocenters. The highest BCUT2D eigenvalue weighted by Gasteiger charge is 2.13. The van der Waals surface area contributed by atoms with E-state index in [2.05, 4.69) is 36.7 Å². The minimum absolute atomic E-state index is 0.307. The average molecular weight is 467 g/mol. The highest BCUT2D eigenvalue weighted by Crippen LogP contribution is 2.29. The molecular weight excluding hydrogens is 444 g/mol. The predicted octanol–water partition coefficient (Wildman–Crippen LogP) is 3.21. The van der Waals surface area contributed by atoms with Crippen LogP contribution in [0.25, 0.3) is 22.3 Å². The third kappa shape index (κ3) is 5.56. The number of aromatic nitrogens is 5. The Labute approximate surface area is 193 Å². The summed E-state index contributed by atoms with van der Waals surface area (Å²) in [5, 5.41) is 16.7. The largest absolute Gasteiger partial charge is 0.437 e. The number of nitrogens with zero attached hydrogens (tertiary/aromatic N) is 5. The number of hydrogen-bond acceptors (Lipinski definition) is 9. The normalized spacial score (nSPS) is 11.1. The van der Waals surface area contributed by atoms with Crippen LogP contribution in [0.3, 0.4) is 0 Å². The summed E-state index contributed by atoms with van der Waals surface area (Å²) >= 11 is 1.10. The van der Waals surface area contributed by atoms with E-state index < -0.39 is 0 Å². The van der Waals surface area contributed by atoms with Gasteiger partial charge in [0.15, 0.2) is 5.65 Å². The second kappa shape index (κ2) is 10.3. The van der Waals surface area contributed by atoms with E-state index in [1.807, 2.05) is 12.4 Å². The third-order valence-electron chi connectivity index (χ3n) is 4.53. The molecule has 0 aliphatic heterocycles. The average Bonchev–Trinajstić information content (AvgIpc) is 3.44. The molecule has 1 amide bonds. The minimum atomic E-state index is -0.307. The molecular formula is C21H22N8O3S. The van der Waals surface area contributed by atoms with Gasteiger partial charge in [0.1, 0.15) is 11.3 Å². The molecule has 1 aromatic carbocycles. The standard InChI is InChI=1S/C21H22N8O3S/c1-3-18(30)26-15-5-4-6-16(9-15)32-19-12-24-21-20(27-19)17(11-23-21)14-10-25-28(13-14)7-8-29(31)33-22-2/h3-6,9-13,22,31H,1,7-8H2,2H3,(H,23,24)(H,26,30). The van der Waals surface area contributed by atoms with E-state index in [0.29, 0.717) is 41.6 Å². The van der Waals surface area contributed by atoms with E-state index >= 15 is 0 Å². The van der Waals surface area contributed by atoms with Crippen molar-refractivity contribution in [3.05, 3.63) is 61.7 Å². The first-order valence-electron chi connectivity index (χ1n) is 9.94. The zero-order valence-electron chi connectivity index (χ0n) is 17.7. The van der Waals surface area contributed by atoms with Gasteiger partial charge in [-0.05, 0) is 25.3 Å². The summed E-state index contributed by atoms with van der Waals surface area (Å²) in [6.45, 7) is 4.34. The summed E-state index contributed by atoms with van der Waals surface area (Å²) in [6, 6.07) is 6.96. The first kappa shape index (κ1) is 22.5. The summed E-state index contributed by atoms with van der Waals surface area (Å²) in [4.78, 5) is 23.6. The summed E-state index contributed by atoms with van der Waals surface area (Å²) in [5.74, 6) is 0.504. The highest BCUT2D eigenvalue weighted by atomic mass is 32.2. The molecule has 0 radical (unpaired) electrons. The Morgan fingerprint density at radius 3 is 3.12 bits per heavy atom. The Morgan fingerprint density at radius 1 is 1.42 bits per heavy atom. The topological polar surface area (TPSA) is 133 Å². The van der Waals surface area contributed by atoms with E-state index in [1.165, 1.54) is 12.3 Å². The number of hydrogen-bond donors (Lipinski definition) is 4. The summed E-state index contributed by atoms with van der Waals surface area (Å²) in [5.41, 5.74) is 3.51. The SMILES string of the molecule is C=CC(=O)Nc1cccc(Oc2cnc3[nH]cc(-c4cnn(CCN(O)SNC)c4)c3n2)c1. The van der Waals surface area contributed by atoms with E-state index in [9.17, 15) is 10.0 Å². The third-order valence-corrected chi connectivity index (χ3v) is 5.11. The van der Waals surface area contributed by atoms with E-state index in [4.69, 9.17) is 4.74 Å². The van der Waals surface area contributed by atoms with Crippen LogP contribution >= 0.6 is 12.1 Å². The van der Waals surface area contributed by atoms with Gasteiger partial charge in [-0.1, -0.05) is 12.6 Å². The van der Waals surface area contributed by atoms with Crippen LogP contribution in [0.4, 0.5) is 5.69 Å². The lowest BCUT2D eigenvalue weighted by Gasteiger charge is -2.11. The smallest absolute Gasteiger partial charge is 0.247 e. The van der Waals surface area contributed by atoms with Gasteiger partial charge in [-0.15, -0.1) is 4.47 Å². The number of nitrogens with one attached hydrogen (secondary N) is 3. The van der Waals surface area contributed by atoms with E-state index in [1.54, 1.807) is 42.2 Å². The quantitative estimate of drug-likeness (QED) is 0.158. The lowest BCUT2D eigenvalue weighted by atomic mass is 10.2. The monoisotopic (exact) mass is 466 g/mol. The number of ether oxygens (including phenoxy) is 1. The van der Waals surface area contributed by atoms with Crippen molar-refractivity contribution in [1.29, 1.82) is 0 Å². The number of hydroxylamine groups is 1. The Hall–Kier alpha value is -3.71. The maximum atomic E-state index is 11.5. The number of benzene rings is 1. The molecule has 0 saturated carbocycles. The van der Waals surface area contributed by atoms with Crippen molar-refractivity contribution in [2.45, 2.75) is 6.54 Å². The number of fused-ring (bicyclic) bond motifs is 1. The molecule has 0 spiro atoms. The number of rotatable bonds is 10. The van der Waals surface area contributed by atoms with Crippen molar-refractivity contribution < 1.29 is 14.7 Å². The number of amides is 1. The molecule has 3 aromatic heterocycles. The molecule has 0 aliphatic rings. The molecule has 4 aromatic rings. The van der Waals surface area contributed by atoms with Crippen LogP contribution in [0.2, 0.25) is 0 Å². The Bertz CT molecular complexity index is 1270. The van der Waals surface area contributed by atoms with Crippen LogP contribution in [0.15, 0.2) is 61.7 Å². The zero-order chi connectivity index (χ0) is 23.2. The van der Waals surface area contributed by atoms with Crippen molar-refractivity contribution >= 4 is 34.9 Å². The predicted molar refractivity (Wildman–Crippen MR) is 126 cm³/mol. The number of aromatic amines is 1. The fourth-order valence-electron chi connectivity index (χ4n) is 3.06. The van der Waals surface area contributed by atoms with Gasteiger partial charge in [0.25, 0.3) is 0 Å². The minimum Gasteiger partial charge on any atom is -0.437 e. The van der Waals surface area contributed by atoms with Gasteiger partial charge in [-0.3, -0.25) is 14.2 Å². The van der Waals surface area contributed by atoms with Crippen molar-refractivity contribution in [3.8, 4) is 22.8 Å². The van der Waals surface area contributed by atoms with Crippen LogP contribution in [0.5, 0.6) is 11.6 Å². The van der Waals surface area contributed by atoms with Gasteiger partial charge >= 0.3 is 0 Å². The molecule has 0 aliphatic carbocycles. The number of carbonyl (C=O) groups is 1. The van der Waals surface area contributed by atoms with Crippen molar-refractivity contribution in [3.63, 3.8) is 0 Å². The lowest BCUT2D eigenvalue weighted by molar-refractivity contribution is -0.111. The van der Waals surface area contributed by atoms with Crippen molar-refractivity contribution in [2.24, 2.45) is 0 Å². The fourth-order valence-corrected chi connectivity index (χ4v) is 3.44. The van der Waals surface area contributed by atoms with Crippen LogP contribution < -0.4 is 14.8 Å². The highest BCUT2D eigenvalue weighted by molar-refractivity contribution is 7.94. The first-order chi connectivity index (χ1) is 16.1. The summed E-state index contributed by atoms with van der Waals surface area (Å²) in [7, 11) is 1.73. The van der Waals surface area contributed by atoms with Crippen LogP contribution in [0, 0.1) is 0 Å². The van der Waals surface area contributed by atoms with Gasteiger partial charge in [0.2, 0.25) is 11.8 Å². The maximum Gasteiger partial charge on any atom is 0.247 e. The first-order valence-corrected chi connectivity index (χ1v) is 10.7. The van der Waals surface area contributed by atoms with Gasteiger partial charge in [-0.2, -0.15) is 5.10 Å². The van der Waals surface area contributed by atoms with Gasteiger partial charge < -0.3 is 20.2 Å². The summed E-state index contributed by atoms with van der Waals surface area (Å²) in [6.07, 6.45) is 8.15. The van der Waals surface area contributed by atoms with Gasteiger partial charge in [0, 0.05) is 47.4 Å². The molecule has 11 nitrogen and oxygen atoms in total. The number of anilines is 1. The zero-order valence-corrected chi connectivity index (χ0v) is 18.5. The van der Waals surface area contributed by atoms with Gasteiger partial charge in [-0.25, -0.2) is 9.97 Å². The molecule has 0 fully saturated rings. The Balaban J connectivity index is 1.52. The second-order valence-electron chi connectivity index (χ2n) is 6.79. The molecule has 12 heteroatoms. The van der Waals surface area contributed by atoms with Crippen LogP contribution in [-0.2, 0) is 11.3 Å². The molecule has 33 heavy (non-hydrogen) atoms. The lowest BCUT2D eigenvalue weighted by Crippen LogP contribution is -2.20. The van der Waals surface area contributed by atoms with Crippen molar-refractivity contribution in [1.82, 2.24) is 33.9 Å². The maximum absolute atomic E-state index is 11.5. The number of carbonyl (C=O) groups excluding carboxylic acids is 1. The Morgan fingerprint density at radius 2 is 2.30 bits per heavy atom. The molecule has 0 bridgehead atoms. The molecule has 4 rings (SSSR count). The number of H-pyrrole nitrogens is 1. The molecule has 3 heterocycles.